The van der Waals surface area contributed by atoms with Crippen molar-refractivity contribution in [3.63, 3.8) is 0 Å². The maximum absolute atomic E-state index is 12.5. The van der Waals surface area contributed by atoms with E-state index >= 15 is 0 Å². The molecule has 1 saturated carbocycles. The maximum atomic E-state index is 12.5. The molecular weight excluding hydrogens is 384 g/mol. The van der Waals surface area contributed by atoms with Crippen LogP contribution in [-0.4, -0.2) is 39.6 Å². The number of rotatable bonds is 8. The third-order valence-corrected chi connectivity index (χ3v) is 6.37. The molecule has 6 nitrogen and oxygen atoms in total. The van der Waals surface area contributed by atoms with Crippen LogP contribution in [0.25, 0.3) is 11.4 Å². The highest BCUT2D eigenvalue weighted by Gasteiger charge is 2.23. The van der Waals surface area contributed by atoms with Crippen LogP contribution in [0, 0.1) is 11.8 Å². The molecule has 2 aromatic rings. The molecular formula is C22H32N4O2S. The standard InChI is InChI=1S/C22H32N4O2S/c1-15(2)13-26-21(17-9-11-18(28-4)12-10-17)24-25-22(26)29-14-20(27)23-19-8-6-5-7-16(19)3/h9-12,15-16,19H,5-8,13-14H2,1-4H3,(H,23,27)/t16-,19+/m0/s1. The van der Waals surface area contributed by atoms with Gasteiger partial charge in [0.2, 0.25) is 5.91 Å². The Labute approximate surface area is 177 Å². The molecule has 1 N–H and O–H groups in total. The van der Waals surface area contributed by atoms with Crippen LogP contribution in [0.1, 0.15) is 46.5 Å². The van der Waals surface area contributed by atoms with Crippen LogP contribution in [-0.2, 0) is 11.3 Å². The van der Waals surface area contributed by atoms with Gasteiger partial charge < -0.3 is 14.6 Å². The molecule has 1 aliphatic rings. The van der Waals surface area contributed by atoms with E-state index in [4.69, 9.17) is 4.74 Å². The van der Waals surface area contributed by atoms with Crippen molar-refractivity contribution >= 4 is 17.7 Å². The van der Waals surface area contributed by atoms with E-state index < -0.39 is 0 Å². The minimum Gasteiger partial charge on any atom is -0.497 e. The number of carbonyl (C=O) groups excluding carboxylic acids is 1. The van der Waals surface area contributed by atoms with Crippen LogP contribution in [0.3, 0.4) is 0 Å². The zero-order valence-corrected chi connectivity index (χ0v) is 18.7. The van der Waals surface area contributed by atoms with Crippen LogP contribution in [0.2, 0.25) is 0 Å². The fraction of sp³-hybridized carbons (Fsp3) is 0.591. The second-order valence-electron chi connectivity index (χ2n) is 8.26. The summed E-state index contributed by atoms with van der Waals surface area (Å²) in [6.45, 7) is 7.38. The fourth-order valence-corrected chi connectivity index (χ4v) is 4.55. The summed E-state index contributed by atoms with van der Waals surface area (Å²) in [7, 11) is 1.66. The van der Waals surface area contributed by atoms with Crippen molar-refractivity contribution in [1.82, 2.24) is 20.1 Å². The van der Waals surface area contributed by atoms with Crippen molar-refractivity contribution < 1.29 is 9.53 Å². The number of methoxy groups -OCH3 is 1. The van der Waals surface area contributed by atoms with E-state index in [1.807, 2.05) is 24.3 Å². The quantitative estimate of drug-likeness (QED) is 0.646. The van der Waals surface area contributed by atoms with E-state index in [0.717, 1.165) is 35.3 Å². The molecule has 0 radical (unpaired) electrons. The zero-order valence-electron chi connectivity index (χ0n) is 17.9. The van der Waals surface area contributed by atoms with E-state index in [0.29, 0.717) is 23.6 Å². The molecule has 1 aromatic heterocycles. The van der Waals surface area contributed by atoms with Gasteiger partial charge in [0.05, 0.1) is 12.9 Å². The average Bonchev–Trinajstić information content (AvgIpc) is 3.10. The van der Waals surface area contributed by atoms with E-state index in [9.17, 15) is 4.79 Å². The topological polar surface area (TPSA) is 69.0 Å². The predicted octanol–water partition coefficient (Wildman–Crippen LogP) is 4.40. The van der Waals surface area contributed by atoms with Crippen molar-refractivity contribution in [3.05, 3.63) is 24.3 Å². The Morgan fingerprint density at radius 2 is 1.97 bits per heavy atom. The minimum absolute atomic E-state index is 0.0823. The second kappa shape index (κ2) is 10.1. The van der Waals surface area contributed by atoms with Gasteiger partial charge in [-0.25, -0.2) is 0 Å². The lowest BCUT2D eigenvalue weighted by molar-refractivity contribution is -0.119. The summed E-state index contributed by atoms with van der Waals surface area (Å²) >= 11 is 1.46. The van der Waals surface area contributed by atoms with Crippen molar-refractivity contribution in [3.8, 4) is 17.1 Å². The van der Waals surface area contributed by atoms with E-state index in [2.05, 4.69) is 40.9 Å². The predicted molar refractivity (Wildman–Crippen MR) is 117 cm³/mol. The molecule has 1 aromatic carbocycles. The van der Waals surface area contributed by atoms with E-state index in [1.165, 1.54) is 31.0 Å². The van der Waals surface area contributed by atoms with Crippen LogP contribution < -0.4 is 10.1 Å². The first-order chi connectivity index (χ1) is 14.0. The van der Waals surface area contributed by atoms with Gasteiger partial charge in [0.1, 0.15) is 5.75 Å². The first-order valence-electron chi connectivity index (χ1n) is 10.5. The summed E-state index contributed by atoms with van der Waals surface area (Å²) < 4.78 is 7.37. The molecule has 1 heterocycles. The molecule has 29 heavy (non-hydrogen) atoms. The molecule has 0 aliphatic heterocycles. The van der Waals surface area contributed by atoms with Crippen LogP contribution in [0.15, 0.2) is 29.4 Å². The highest BCUT2D eigenvalue weighted by Crippen LogP contribution is 2.27. The lowest BCUT2D eigenvalue weighted by Crippen LogP contribution is -2.41. The van der Waals surface area contributed by atoms with Gasteiger partial charge in [0.25, 0.3) is 0 Å². The maximum Gasteiger partial charge on any atom is 0.230 e. The SMILES string of the molecule is COc1ccc(-c2nnc(SCC(=O)N[C@@H]3CCCC[C@@H]3C)n2CC(C)C)cc1. The number of hydrogen-bond acceptors (Lipinski definition) is 5. The number of ether oxygens (including phenoxy) is 1. The summed E-state index contributed by atoms with van der Waals surface area (Å²) in [5.41, 5.74) is 0.992. The first kappa shape index (κ1) is 21.7. The van der Waals surface area contributed by atoms with Gasteiger partial charge in [-0.15, -0.1) is 10.2 Å². The molecule has 0 saturated heterocycles. The third kappa shape index (κ3) is 5.75. The van der Waals surface area contributed by atoms with Crippen molar-refractivity contribution in [2.24, 2.45) is 11.8 Å². The number of thioether (sulfide) groups is 1. The summed E-state index contributed by atoms with van der Waals surface area (Å²) in [6, 6.07) is 8.14. The van der Waals surface area contributed by atoms with Gasteiger partial charge in [0, 0.05) is 18.2 Å². The molecule has 1 fully saturated rings. The minimum atomic E-state index is 0.0823. The Morgan fingerprint density at radius 3 is 2.62 bits per heavy atom. The zero-order chi connectivity index (χ0) is 20.8. The van der Waals surface area contributed by atoms with Crippen molar-refractivity contribution in [1.29, 1.82) is 0 Å². The first-order valence-corrected chi connectivity index (χ1v) is 11.5. The molecule has 0 unspecified atom stereocenters. The third-order valence-electron chi connectivity index (χ3n) is 5.40. The molecule has 0 spiro atoms. The smallest absolute Gasteiger partial charge is 0.230 e. The highest BCUT2D eigenvalue weighted by molar-refractivity contribution is 7.99. The average molecular weight is 417 g/mol. The van der Waals surface area contributed by atoms with Crippen molar-refractivity contribution in [2.45, 2.75) is 64.2 Å². The lowest BCUT2D eigenvalue weighted by atomic mass is 9.86. The normalized spacial score (nSPS) is 19.3. The van der Waals surface area contributed by atoms with Gasteiger partial charge in [-0.1, -0.05) is 45.4 Å². The summed E-state index contributed by atoms with van der Waals surface area (Å²) in [5, 5.41) is 12.8. The summed E-state index contributed by atoms with van der Waals surface area (Å²) in [5.74, 6) is 3.08. The number of nitrogens with one attached hydrogen (secondary N) is 1. The molecule has 0 bridgehead atoms. The van der Waals surface area contributed by atoms with Gasteiger partial charge in [-0.2, -0.15) is 0 Å². The Hall–Kier alpha value is -2.02. The van der Waals surface area contributed by atoms with Crippen LogP contribution in [0.4, 0.5) is 0 Å². The van der Waals surface area contributed by atoms with Crippen molar-refractivity contribution in [2.75, 3.05) is 12.9 Å². The Balaban J connectivity index is 1.69. The molecule has 1 amide bonds. The number of carbonyl (C=O) groups is 1. The second-order valence-corrected chi connectivity index (χ2v) is 9.21. The summed E-state index contributed by atoms with van der Waals surface area (Å²) in [4.78, 5) is 12.5. The molecule has 2 atom stereocenters. The number of hydrogen-bond donors (Lipinski definition) is 1. The number of benzene rings is 1. The van der Waals surface area contributed by atoms with Gasteiger partial charge in [0.15, 0.2) is 11.0 Å². The van der Waals surface area contributed by atoms with E-state index in [-0.39, 0.29) is 5.91 Å². The fourth-order valence-electron chi connectivity index (χ4n) is 3.79. The Morgan fingerprint density at radius 1 is 1.24 bits per heavy atom. The number of nitrogens with zero attached hydrogens (tertiary/aromatic N) is 3. The monoisotopic (exact) mass is 416 g/mol. The van der Waals surface area contributed by atoms with Crippen LogP contribution in [0.5, 0.6) is 5.75 Å². The molecule has 3 rings (SSSR count). The number of aromatic nitrogens is 3. The lowest BCUT2D eigenvalue weighted by Gasteiger charge is -2.29. The Kier molecular flexibility index (Phi) is 7.58. The summed E-state index contributed by atoms with van der Waals surface area (Å²) in [6.07, 6.45) is 4.76. The number of amides is 1. The molecule has 1 aliphatic carbocycles. The van der Waals surface area contributed by atoms with Crippen LogP contribution >= 0.6 is 11.8 Å². The largest absolute Gasteiger partial charge is 0.497 e. The van der Waals surface area contributed by atoms with E-state index in [1.54, 1.807) is 7.11 Å². The van der Waals surface area contributed by atoms with Gasteiger partial charge in [-0.05, 0) is 48.9 Å². The highest BCUT2D eigenvalue weighted by atomic mass is 32.2. The Bertz CT molecular complexity index is 804. The molecule has 7 heteroatoms. The van der Waals surface area contributed by atoms with Gasteiger partial charge >= 0.3 is 0 Å². The van der Waals surface area contributed by atoms with Gasteiger partial charge in [-0.3, -0.25) is 4.79 Å². The molecule has 158 valence electrons.